The summed E-state index contributed by atoms with van der Waals surface area (Å²) < 4.78 is 4.81. The van der Waals surface area contributed by atoms with E-state index in [4.69, 9.17) is 4.74 Å². The number of carbonyl (C=O) groups excluding carboxylic acids is 2. The van der Waals surface area contributed by atoms with Gasteiger partial charge in [0, 0.05) is 5.92 Å². The predicted molar refractivity (Wildman–Crippen MR) is 72.4 cm³/mol. The van der Waals surface area contributed by atoms with E-state index in [1.54, 1.807) is 6.92 Å². The van der Waals surface area contributed by atoms with Crippen LogP contribution in [-0.4, -0.2) is 25.0 Å². The van der Waals surface area contributed by atoms with Crippen molar-refractivity contribution in [3.8, 4) is 0 Å². The molecule has 3 unspecified atom stereocenters. The van der Waals surface area contributed by atoms with Crippen molar-refractivity contribution >= 4 is 11.9 Å². The topological polar surface area (TPSA) is 55.4 Å². The summed E-state index contributed by atoms with van der Waals surface area (Å²) in [6.45, 7) is 2.14. The van der Waals surface area contributed by atoms with Crippen LogP contribution in [-0.2, 0) is 14.3 Å². The van der Waals surface area contributed by atoms with Crippen LogP contribution in [0, 0.1) is 17.8 Å². The molecular weight excluding hydrogens is 242 g/mol. The molecule has 0 spiro atoms. The fourth-order valence-corrected chi connectivity index (χ4v) is 3.63. The molecule has 4 heteroatoms. The van der Waals surface area contributed by atoms with Gasteiger partial charge < -0.3 is 10.1 Å². The van der Waals surface area contributed by atoms with E-state index in [1.807, 2.05) is 0 Å². The number of fused-ring (bicyclic) bond motifs is 1. The number of amides is 1. The maximum atomic E-state index is 12.1. The van der Waals surface area contributed by atoms with Crippen molar-refractivity contribution in [3.05, 3.63) is 0 Å². The molecule has 1 N–H and O–H groups in total. The summed E-state index contributed by atoms with van der Waals surface area (Å²) in [6, 6.07) is 0. The van der Waals surface area contributed by atoms with Crippen LogP contribution < -0.4 is 5.32 Å². The molecule has 0 radical (unpaired) electrons. The quantitative estimate of drug-likeness (QED) is 0.795. The molecule has 1 amide bonds. The zero-order valence-electron chi connectivity index (χ0n) is 11.8. The maximum Gasteiger partial charge on any atom is 0.325 e. The largest absolute Gasteiger partial charge is 0.465 e. The van der Waals surface area contributed by atoms with Gasteiger partial charge in [-0.1, -0.05) is 25.7 Å². The summed E-state index contributed by atoms with van der Waals surface area (Å²) in [5, 5.41) is 2.72. The van der Waals surface area contributed by atoms with E-state index in [1.165, 1.54) is 32.1 Å². The van der Waals surface area contributed by atoms with Crippen LogP contribution in [0.2, 0.25) is 0 Å². The number of rotatable bonds is 4. The lowest BCUT2D eigenvalue weighted by Gasteiger charge is -2.38. The second-order valence-electron chi connectivity index (χ2n) is 5.84. The highest BCUT2D eigenvalue weighted by molar-refractivity contribution is 5.83. The van der Waals surface area contributed by atoms with E-state index >= 15 is 0 Å². The van der Waals surface area contributed by atoms with Crippen molar-refractivity contribution in [2.45, 2.75) is 51.9 Å². The number of hydrogen-bond donors (Lipinski definition) is 1. The van der Waals surface area contributed by atoms with E-state index < -0.39 is 0 Å². The van der Waals surface area contributed by atoms with E-state index in [-0.39, 0.29) is 24.3 Å². The van der Waals surface area contributed by atoms with Gasteiger partial charge in [-0.05, 0) is 38.0 Å². The molecule has 0 aromatic heterocycles. The summed E-state index contributed by atoms with van der Waals surface area (Å²) in [6.07, 6.45) is 8.49. The number of esters is 1. The van der Waals surface area contributed by atoms with Crippen molar-refractivity contribution in [1.29, 1.82) is 0 Å². The first-order chi connectivity index (χ1) is 9.20. The Kier molecular flexibility index (Phi) is 5.23. The van der Waals surface area contributed by atoms with Gasteiger partial charge in [-0.2, -0.15) is 0 Å². The highest BCUT2D eigenvalue weighted by Gasteiger charge is 2.34. The van der Waals surface area contributed by atoms with Crippen LogP contribution in [0.1, 0.15) is 51.9 Å². The van der Waals surface area contributed by atoms with Crippen molar-refractivity contribution in [2.75, 3.05) is 13.2 Å². The molecule has 0 aromatic carbocycles. The van der Waals surface area contributed by atoms with Crippen molar-refractivity contribution in [3.63, 3.8) is 0 Å². The van der Waals surface area contributed by atoms with Gasteiger partial charge >= 0.3 is 5.97 Å². The summed E-state index contributed by atoms with van der Waals surface area (Å²) >= 11 is 0. The molecular formula is C15H25NO3. The van der Waals surface area contributed by atoms with Gasteiger partial charge in [0.1, 0.15) is 6.54 Å². The first kappa shape index (κ1) is 14.4. The third-order valence-electron chi connectivity index (χ3n) is 4.62. The van der Waals surface area contributed by atoms with Crippen LogP contribution in [0.15, 0.2) is 0 Å². The van der Waals surface area contributed by atoms with Gasteiger partial charge in [0.05, 0.1) is 6.61 Å². The first-order valence-electron chi connectivity index (χ1n) is 7.64. The van der Waals surface area contributed by atoms with Gasteiger partial charge in [-0.15, -0.1) is 0 Å². The van der Waals surface area contributed by atoms with Crippen molar-refractivity contribution in [2.24, 2.45) is 17.8 Å². The Hall–Kier alpha value is -1.06. The Balaban J connectivity index is 1.75. The van der Waals surface area contributed by atoms with Crippen molar-refractivity contribution < 1.29 is 14.3 Å². The highest BCUT2D eigenvalue weighted by atomic mass is 16.5. The maximum absolute atomic E-state index is 12.1. The van der Waals surface area contributed by atoms with Crippen LogP contribution in [0.5, 0.6) is 0 Å². The number of carbonyl (C=O) groups is 2. The Morgan fingerprint density at radius 3 is 2.58 bits per heavy atom. The summed E-state index contributed by atoms with van der Waals surface area (Å²) in [7, 11) is 0. The van der Waals surface area contributed by atoms with Gasteiger partial charge in [-0.25, -0.2) is 0 Å². The Morgan fingerprint density at radius 1 is 1.11 bits per heavy atom. The molecule has 0 bridgehead atoms. The highest BCUT2D eigenvalue weighted by Crippen LogP contribution is 2.42. The molecule has 3 atom stereocenters. The normalized spacial score (nSPS) is 30.3. The summed E-state index contributed by atoms with van der Waals surface area (Å²) in [4.78, 5) is 23.3. The van der Waals surface area contributed by atoms with Crippen LogP contribution in [0.3, 0.4) is 0 Å². The zero-order chi connectivity index (χ0) is 13.7. The molecule has 2 rings (SSSR count). The lowest BCUT2D eigenvalue weighted by atomic mass is 9.67. The molecule has 0 aromatic rings. The molecule has 4 nitrogen and oxygen atoms in total. The van der Waals surface area contributed by atoms with Gasteiger partial charge in [0.15, 0.2) is 0 Å². The van der Waals surface area contributed by atoms with Gasteiger partial charge in [0.25, 0.3) is 0 Å². The average molecular weight is 267 g/mol. The zero-order valence-corrected chi connectivity index (χ0v) is 11.8. The molecule has 2 aliphatic rings. The molecule has 108 valence electrons. The predicted octanol–water partition coefficient (Wildman–Crippen LogP) is 2.27. The summed E-state index contributed by atoms with van der Waals surface area (Å²) in [5.41, 5.74) is 0. The number of hydrogen-bond acceptors (Lipinski definition) is 3. The van der Waals surface area contributed by atoms with Crippen LogP contribution in [0.4, 0.5) is 0 Å². The lowest BCUT2D eigenvalue weighted by Crippen LogP contribution is -2.39. The van der Waals surface area contributed by atoms with Crippen molar-refractivity contribution in [1.82, 2.24) is 5.32 Å². The van der Waals surface area contributed by atoms with E-state index in [2.05, 4.69) is 5.32 Å². The number of ether oxygens (including phenoxy) is 1. The van der Waals surface area contributed by atoms with E-state index in [0.29, 0.717) is 6.61 Å². The van der Waals surface area contributed by atoms with Gasteiger partial charge in [0.2, 0.25) is 5.91 Å². The second-order valence-corrected chi connectivity index (χ2v) is 5.84. The molecule has 2 saturated carbocycles. The fourth-order valence-electron chi connectivity index (χ4n) is 3.63. The minimum Gasteiger partial charge on any atom is -0.465 e. The minimum atomic E-state index is -0.345. The van der Waals surface area contributed by atoms with E-state index in [0.717, 1.165) is 24.7 Å². The smallest absolute Gasteiger partial charge is 0.325 e. The molecule has 0 saturated heterocycles. The third-order valence-corrected chi connectivity index (χ3v) is 4.62. The van der Waals surface area contributed by atoms with E-state index in [9.17, 15) is 9.59 Å². The monoisotopic (exact) mass is 267 g/mol. The minimum absolute atomic E-state index is 0.0112. The molecule has 19 heavy (non-hydrogen) atoms. The summed E-state index contributed by atoms with van der Waals surface area (Å²) in [5.74, 6) is 1.39. The molecule has 0 heterocycles. The first-order valence-corrected chi connectivity index (χ1v) is 7.64. The third kappa shape index (κ3) is 3.95. The SMILES string of the molecule is CCOC(=O)CNC(=O)C1CCC2CCCCC2C1. The molecule has 2 fully saturated rings. The lowest BCUT2D eigenvalue weighted by molar-refractivity contribution is -0.144. The van der Waals surface area contributed by atoms with Crippen LogP contribution in [0.25, 0.3) is 0 Å². The fraction of sp³-hybridized carbons (Fsp3) is 0.867. The second kappa shape index (κ2) is 6.92. The van der Waals surface area contributed by atoms with Crippen LogP contribution >= 0.6 is 0 Å². The Labute approximate surface area is 115 Å². The standard InChI is InChI=1S/C15H25NO3/c1-2-19-14(17)10-16-15(18)13-8-7-11-5-3-4-6-12(11)9-13/h11-13H,2-10H2,1H3,(H,16,18). The average Bonchev–Trinajstić information content (AvgIpc) is 2.44. The number of nitrogens with one attached hydrogen (secondary N) is 1. The molecule has 0 aliphatic heterocycles. The Morgan fingerprint density at radius 2 is 1.84 bits per heavy atom. The van der Waals surface area contributed by atoms with Gasteiger partial charge in [-0.3, -0.25) is 9.59 Å². The molecule has 2 aliphatic carbocycles. The Bertz CT molecular complexity index is 329.